The molecule has 13 nitrogen and oxygen atoms in total. The Morgan fingerprint density at radius 2 is 1.94 bits per heavy atom. The van der Waals surface area contributed by atoms with Gasteiger partial charge in [-0.15, -0.1) is 5.10 Å². The normalized spacial score (nSPS) is 23.2. The second-order valence-corrected chi connectivity index (χ2v) is 14.3. The van der Waals surface area contributed by atoms with Crippen LogP contribution in [-0.2, 0) is 35.0 Å². The number of nitrogens with one attached hydrogen (secondary N) is 1. The van der Waals surface area contributed by atoms with Crippen LogP contribution in [0.4, 0.5) is 10.1 Å². The Kier molecular flexibility index (Phi) is 8.69. The zero-order chi connectivity index (χ0) is 33.7. The van der Waals surface area contributed by atoms with Crippen LogP contribution in [0.3, 0.4) is 0 Å². The van der Waals surface area contributed by atoms with Crippen molar-refractivity contribution in [2.24, 2.45) is 7.05 Å². The van der Waals surface area contributed by atoms with Gasteiger partial charge in [0.15, 0.2) is 11.5 Å². The van der Waals surface area contributed by atoms with Crippen LogP contribution in [-0.4, -0.2) is 115 Å². The molecule has 1 amide bonds. The maximum Gasteiger partial charge on any atom is 0.351 e. The number of amides is 1. The van der Waals surface area contributed by atoms with Crippen LogP contribution >= 0.6 is 0 Å². The molecule has 1 aromatic carbocycles. The average molecular weight is 661 g/mol. The average Bonchev–Trinajstić information content (AvgIpc) is 3.69. The highest BCUT2D eigenvalue weighted by Crippen LogP contribution is 2.42. The van der Waals surface area contributed by atoms with Crippen molar-refractivity contribution in [3.63, 3.8) is 0 Å². The molecule has 0 radical (unpaired) electrons. The van der Waals surface area contributed by atoms with E-state index < -0.39 is 5.41 Å². The summed E-state index contributed by atoms with van der Waals surface area (Å²) in [6, 6.07) is 9.11. The Labute approximate surface area is 279 Å². The molecule has 3 atom stereocenters. The summed E-state index contributed by atoms with van der Waals surface area (Å²) < 4.78 is 24.1. The van der Waals surface area contributed by atoms with E-state index in [0.29, 0.717) is 36.2 Å². The minimum absolute atomic E-state index is 0.00107. The molecule has 0 saturated carbocycles. The van der Waals surface area contributed by atoms with Crippen molar-refractivity contribution in [2.75, 3.05) is 57.4 Å². The molecule has 256 valence electrons. The number of benzene rings is 1. The topological polar surface area (TPSA) is 118 Å². The summed E-state index contributed by atoms with van der Waals surface area (Å²) in [6.07, 6.45) is 2.00. The van der Waals surface area contributed by atoms with Crippen molar-refractivity contribution in [3.8, 4) is 0 Å². The van der Waals surface area contributed by atoms with Gasteiger partial charge in [0.1, 0.15) is 18.7 Å². The molecule has 7 rings (SSSR count). The van der Waals surface area contributed by atoms with Crippen molar-refractivity contribution in [3.05, 3.63) is 75.6 Å². The van der Waals surface area contributed by atoms with Gasteiger partial charge >= 0.3 is 5.69 Å². The van der Waals surface area contributed by atoms with Gasteiger partial charge in [-0.2, -0.15) is 5.10 Å². The fraction of sp³-hybridized carbons (Fsp3) is 0.559. The van der Waals surface area contributed by atoms with E-state index in [1.807, 2.05) is 11.0 Å². The summed E-state index contributed by atoms with van der Waals surface area (Å²) >= 11 is 0. The summed E-state index contributed by atoms with van der Waals surface area (Å²) in [5.74, 6) is 0.159. The highest BCUT2D eigenvalue weighted by atomic mass is 19.1. The SMILES string of the molecule is C[C@@H]1CN(CC(=O)N2CC(C)(C)c3c2cc(Cc2ccc(F)cc2)c2nn(Cc4ncn(C)n4)c(=O)n32)[C@@H](CN2CCOC[C@H]2C)CN1. The standard InChI is InChI=1S/C34H45FN10O3/c1-22-15-42(27(14-36-22)16-41-10-11-48-19-23(41)2)18-30(46)43-20-34(3,4)31-28(43)13-25(12-24-6-8-26(35)9-7-24)32-39-44(33(47)45(31)32)17-29-37-21-40(5)38-29/h6-9,13,21-23,27,36H,10-12,14-20H2,1-5H3/t22-,23-,27-/m1/s1. The number of pyridine rings is 1. The predicted octanol–water partition coefficient (Wildman–Crippen LogP) is 1.41. The molecule has 0 unspecified atom stereocenters. The molecule has 48 heavy (non-hydrogen) atoms. The third-order valence-corrected chi connectivity index (χ3v) is 9.95. The van der Waals surface area contributed by atoms with Gasteiger partial charge in [-0.05, 0) is 37.6 Å². The predicted molar refractivity (Wildman–Crippen MR) is 179 cm³/mol. The van der Waals surface area contributed by atoms with E-state index in [1.54, 1.807) is 34.6 Å². The van der Waals surface area contributed by atoms with Crippen LogP contribution < -0.4 is 15.9 Å². The minimum Gasteiger partial charge on any atom is -0.379 e. The number of anilines is 1. The maximum atomic E-state index is 14.4. The van der Waals surface area contributed by atoms with Gasteiger partial charge in [0, 0.05) is 75.3 Å². The smallest absolute Gasteiger partial charge is 0.351 e. The molecular weight excluding hydrogens is 615 g/mol. The van der Waals surface area contributed by atoms with E-state index in [2.05, 4.69) is 52.9 Å². The molecule has 1 N–H and O–H groups in total. The second kappa shape index (κ2) is 12.8. The molecule has 6 heterocycles. The second-order valence-electron chi connectivity index (χ2n) is 14.3. The molecule has 14 heteroatoms. The van der Waals surface area contributed by atoms with E-state index in [4.69, 9.17) is 9.84 Å². The van der Waals surface area contributed by atoms with Gasteiger partial charge in [0.25, 0.3) is 0 Å². The lowest BCUT2D eigenvalue weighted by atomic mass is 9.90. The van der Waals surface area contributed by atoms with Crippen LogP contribution in [0.25, 0.3) is 5.65 Å². The van der Waals surface area contributed by atoms with E-state index >= 15 is 0 Å². The number of piperazine rings is 1. The van der Waals surface area contributed by atoms with Gasteiger partial charge in [-0.25, -0.2) is 23.3 Å². The highest BCUT2D eigenvalue weighted by molar-refractivity contribution is 5.98. The zero-order valence-electron chi connectivity index (χ0n) is 28.4. The molecule has 0 aliphatic carbocycles. The number of morpholine rings is 1. The van der Waals surface area contributed by atoms with Crippen molar-refractivity contribution in [2.45, 2.75) is 64.2 Å². The van der Waals surface area contributed by atoms with Crippen molar-refractivity contribution in [1.82, 2.24) is 44.1 Å². The minimum atomic E-state index is -0.530. The first kappa shape index (κ1) is 32.6. The first-order valence-corrected chi connectivity index (χ1v) is 16.8. The molecule has 3 aliphatic heterocycles. The van der Waals surface area contributed by atoms with Crippen LogP contribution in [0.5, 0.6) is 0 Å². The molecule has 0 bridgehead atoms. The van der Waals surface area contributed by atoms with Gasteiger partial charge in [-0.1, -0.05) is 26.0 Å². The van der Waals surface area contributed by atoms with Gasteiger partial charge in [0.05, 0.1) is 31.1 Å². The number of carbonyl (C=O) groups excluding carboxylic acids is 1. The number of hydrogen-bond acceptors (Lipinski definition) is 9. The Hall–Kier alpha value is -3.98. The lowest BCUT2D eigenvalue weighted by Gasteiger charge is -2.43. The first-order chi connectivity index (χ1) is 23.0. The summed E-state index contributed by atoms with van der Waals surface area (Å²) in [5.41, 5.74) is 2.79. The number of nitrogens with zero attached hydrogens (tertiary/aromatic N) is 9. The number of carbonyl (C=O) groups is 1. The molecule has 2 saturated heterocycles. The number of fused-ring (bicyclic) bond motifs is 3. The fourth-order valence-electron chi connectivity index (χ4n) is 7.48. The summed E-state index contributed by atoms with van der Waals surface area (Å²) in [4.78, 5) is 39.5. The third kappa shape index (κ3) is 6.29. The van der Waals surface area contributed by atoms with E-state index in [1.165, 1.54) is 16.8 Å². The molecule has 4 aromatic rings. The van der Waals surface area contributed by atoms with E-state index in [9.17, 15) is 14.0 Å². The van der Waals surface area contributed by atoms with Crippen LogP contribution in [0.15, 0.2) is 41.5 Å². The monoisotopic (exact) mass is 660 g/mol. The van der Waals surface area contributed by atoms with Crippen LogP contribution in [0, 0.1) is 5.82 Å². The number of aryl methyl sites for hydroxylation is 1. The molecule has 2 fully saturated rings. The number of hydrogen-bond donors (Lipinski definition) is 1. The highest BCUT2D eigenvalue weighted by Gasteiger charge is 2.43. The number of halogens is 1. The Morgan fingerprint density at radius 1 is 1.15 bits per heavy atom. The molecule has 3 aromatic heterocycles. The van der Waals surface area contributed by atoms with Crippen molar-refractivity contribution < 1.29 is 13.9 Å². The Bertz CT molecular complexity index is 1860. The van der Waals surface area contributed by atoms with Crippen molar-refractivity contribution in [1.29, 1.82) is 0 Å². The fourth-order valence-corrected chi connectivity index (χ4v) is 7.48. The van der Waals surface area contributed by atoms with Crippen LogP contribution in [0.1, 0.15) is 50.3 Å². The number of aromatic nitrogens is 6. The number of ether oxygens (including phenoxy) is 1. The summed E-state index contributed by atoms with van der Waals surface area (Å²) in [5, 5.41) is 12.8. The summed E-state index contributed by atoms with van der Waals surface area (Å²) in [7, 11) is 1.77. The quantitative estimate of drug-likeness (QED) is 0.300. The Balaban J connectivity index is 1.25. The van der Waals surface area contributed by atoms with Gasteiger partial charge in [0.2, 0.25) is 5.91 Å². The zero-order valence-corrected chi connectivity index (χ0v) is 28.4. The molecular formula is C34H45FN10O3. The molecule has 0 spiro atoms. The molecule has 3 aliphatic rings. The lowest BCUT2D eigenvalue weighted by Crippen LogP contribution is -2.62. The van der Waals surface area contributed by atoms with Gasteiger partial charge < -0.3 is 15.0 Å². The van der Waals surface area contributed by atoms with E-state index in [0.717, 1.165) is 56.2 Å². The van der Waals surface area contributed by atoms with E-state index in [-0.39, 0.29) is 42.6 Å². The largest absolute Gasteiger partial charge is 0.379 e. The Morgan fingerprint density at radius 3 is 2.67 bits per heavy atom. The van der Waals surface area contributed by atoms with Crippen LogP contribution in [0.2, 0.25) is 0 Å². The van der Waals surface area contributed by atoms with Crippen molar-refractivity contribution >= 4 is 17.2 Å². The number of rotatable bonds is 8. The lowest BCUT2D eigenvalue weighted by molar-refractivity contribution is -0.121. The first-order valence-electron chi connectivity index (χ1n) is 16.8. The summed E-state index contributed by atoms with van der Waals surface area (Å²) in [6.45, 7) is 14.1. The third-order valence-electron chi connectivity index (χ3n) is 9.95. The maximum absolute atomic E-state index is 14.4. The van der Waals surface area contributed by atoms with Gasteiger partial charge in [-0.3, -0.25) is 19.3 Å².